The molecule has 1 fully saturated rings. The molecular formula is C21H29N3O4. The van der Waals surface area contributed by atoms with Crippen LogP contribution in [0.4, 0.5) is 0 Å². The van der Waals surface area contributed by atoms with Crippen molar-refractivity contribution >= 4 is 5.91 Å². The van der Waals surface area contributed by atoms with E-state index < -0.39 is 0 Å². The van der Waals surface area contributed by atoms with Crippen LogP contribution in [-0.4, -0.2) is 45.8 Å². The van der Waals surface area contributed by atoms with Crippen molar-refractivity contribution in [2.45, 2.75) is 65.0 Å². The topological polar surface area (TPSA) is 88.7 Å². The maximum Gasteiger partial charge on any atom is 0.258 e. The molecule has 152 valence electrons. The summed E-state index contributed by atoms with van der Waals surface area (Å²) in [4.78, 5) is 19.5. The maximum absolute atomic E-state index is 13.5. The first-order valence-corrected chi connectivity index (χ1v) is 9.73. The van der Waals surface area contributed by atoms with E-state index >= 15 is 0 Å². The normalized spacial score (nSPS) is 19.8. The Morgan fingerprint density at radius 1 is 1.29 bits per heavy atom. The van der Waals surface area contributed by atoms with Gasteiger partial charge in [-0.05, 0) is 36.0 Å². The van der Waals surface area contributed by atoms with Crippen LogP contribution in [0.3, 0.4) is 0 Å². The smallest absolute Gasteiger partial charge is 0.258 e. The molecule has 0 unspecified atom stereocenters. The van der Waals surface area contributed by atoms with E-state index in [9.17, 15) is 9.90 Å². The fourth-order valence-electron chi connectivity index (χ4n) is 3.65. The number of likely N-dealkylation sites (tertiary alicyclic amines) is 1. The first kappa shape index (κ1) is 20.3. The average Bonchev–Trinajstić information content (AvgIpc) is 3.26. The number of methoxy groups -OCH3 is 1. The Bertz CT molecular complexity index is 859. The van der Waals surface area contributed by atoms with Crippen LogP contribution in [0, 0.1) is 6.92 Å². The van der Waals surface area contributed by atoms with Gasteiger partial charge in [0.25, 0.3) is 5.91 Å². The molecule has 1 N–H and O–H groups in total. The van der Waals surface area contributed by atoms with E-state index in [0.29, 0.717) is 30.2 Å². The molecule has 1 amide bonds. The maximum atomic E-state index is 13.5. The molecule has 0 aliphatic carbocycles. The number of benzene rings is 1. The Labute approximate surface area is 165 Å². The van der Waals surface area contributed by atoms with E-state index in [0.717, 1.165) is 11.1 Å². The van der Waals surface area contributed by atoms with Gasteiger partial charge in [-0.1, -0.05) is 38.9 Å². The third kappa shape index (κ3) is 3.76. The summed E-state index contributed by atoms with van der Waals surface area (Å²) < 4.78 is 10.8. The highest BCUT2D eigenvalue weighted by Crippen LogP contribution is 2.38. The second-order valence-corrected chi connectivity index (χ2v) is 8.06. The van der Waals surface area contributed by atoms with Crippen molar-refractivity contribution in [3.8, 4) is 5.75 Å². The summed E-state index contributed by atoms with van der Waals surface area (Å²) in [5.74, 6) is 1.06. The average molecular weight is 387 g/mol. The fraction of sp³-hybridized carbons (Fsp3) is 0.571. The third-order valence-electron chi connectivity index (χ3n) is 5.37. The van der Waals surface area contributed by atoms with Crippen LogP contribution in [-0.2, 0) is 4.74 Å². The number of nitrogens with zero attached hydrogens (tertiary/aromatic N) is 3. The van der Waals surface area contributed by atoms with Gasteiger partial charge in [-0.25, -0.2) is 0 Å². The van der Waals surface area contributed by atoms with Gasteiger partial charge in [-0.15, -0.1) is 0 Å². The molecule has 0 spiro atoms. The Hall–Kier alpha value is -2.41. The van der Waals surface area contributed by atoms with Gasteiger partial charge in [0.15, 0.2) is 5.82 Å². The van der Waals surface area contributed by atoms with Crippen molar-refractivity contribution in [1.29, 1.82) is 0 Å². The van der Waals surface area contributed by atoms with Crippen molar-refractivity contribution in [1.82, 2.24) is 15.0 Å². The van der Waals surface area contributed by atoms with E-state index in [1.165, 1.54) is 0 Å². The van der Waals surface area contributed by atoms with Crippen LogP contribution in [0.5, 0.6) is 5.75 Å². The largest absolute Gasteiger partial charge is 0.507 e. The quantitative estimate of drug-likeness (QED) is 0.836. The molecule has 2 heterocycles. The van der Waals surface area contributed by atoms with Gasteiger partial charge >= 0.3 is 0 Å². The zero-order valence-electron chi connectivity index (χ0n) is 17.4. The lowest BCUT2D eigenvalue weighted by Crippen LogP contribution is -2.32. The van der Waals surface area contributed by atoms with Crippen molar-refractivity contribution in [3.63, 3.8) is 0 Å². The minimum atomic E-state index is -0.372. The number of phenolic OH excluding ortho intramolecular Hbond substituents is 1. The highest BCUT2D eigenvalue weighted by Gasteiger charge is 2.40. The summed E-state index contributed by atoms with van der Waals surface area (Å²) in [6.45, 7) is 10.3. The second kappa shape index (κ2) is 7.91. The van der Waals surface area contributed by atoms with Crippen LogP contribution >= 0.6 is 0 Å². The number of aryl methyl sites for hydroxylation is 1. The van der Waals surface area contributed by atoms with Gasteiger partial charge in [0, 0.05) is 20.1 Å². The van der Waals surface area contributed by atoms with Gasteiger partial charge in [-0.3, -0.25) is 4.79 Å². The molecule has 0 radical (unpaired) electrons. The first-order chi connectivity index (χ1) is 13.2. The van der Waals surface area contributed by atoms with Gasteiger partial charge < -0.3 is 19.3 Å². The minimum Gasteiger partial charge on any atom is -0.507 e. The Kier molecular flexibility index (Phi) is 5.74. The van der Waals surface area contributed by atoms with Crippen molar-refractivity contribution in [3.05, 3.63) is 40.5 Å². The SMILES string of the molecule is CO[C@H]1C[C@H](c2nc(C)no2)N(C(=O)c2cc(C(C)C)cc(C(C)C)c2O)C1. The molecule has 7 heteroatoms. The Morgan fingerprint density at radius 3 is 2.54 bits per heavy atom. The van der Waals surface area contributed by atoms with Gasteiger partial charge in [0.05, 0.1) is 11.7 Å². The van der Waals surface area contributed by atoms with Crippen LogP contribution in [0.25, 0.3) is 0 Å². The number of hydrogen-bond acceptors (Lipinski definition) is 6. The molecule has 0 bridgehead atoms. The molecular weight excluding hydrogens is 358 g/mol. The van der Waals surface area contributed by atoms with E-state index in [-0.39, 0.29) is 35.6 Å². The summed E-state index contributed by atoms with van der Waals surface area (Å²) in [6.07, 6.45) is 0.451. The number of amides is 1. The molecule has 1 aliphatic heterocycles. The Balaban J connectivity index is 2.04. The van der Waals surface area contributed by atoms with Crippen molar-refractivity contribution < 1.29 is 19.2 Å². The standard InChI is InChI=1S/C21H29N3O4/c1-11(2)14-7-16(12(3)4)19(25)17(8-14)21(26)24-10-15(27-6)9-18(24)20-22-13(5)23-28-20/h7-8,11-12,15,18,25H,9-10H2,1-6H3/t15-,18+/m0/s1. The lowest BCUT2D eigenvalue weighted by atomic mass is 9.91. The molecule has 7 nitrogen and oxygen atoms in total. The molecule has 3 rings (SSSR count). The first-order valence-electron chi connectivity index (χ1n) is 9.73. The fourth-order valence-corrected chi connectivity index (χ4v) is 3.65. The zero-order valence-corrected chi connectivity index (χ0v) is 17.4. The predicted octanol–water partition coefficient (Wildman–Crippen LogP) is 3.93. The van der Waals surface area contributed by atoms with Crippen molar-refractivity contribution in [2.75, 3.05) is 13.7 Å². The summed E-state index contributed by atoms with van der Waals surface area (Å²) in [5.41, 5.74) is 2.12. The highest BCUT2D eigenvalue weighted by atomic mass is 16.5. The van der Waals surface area contributed by atoms with Crippen LogP contribution in [0.2, 0.25) is 0 Å². The van der Waals surface area contributed by atoms with Crippen molar-refractivity contribution in [2.24, 2.45) is 0 Å². The van der Waals surface area contributed by atoms with Gasteiger partial charge in [0.2, 0.25) is 5.89 Å². The lowest BCUT2D eigenvalue weighted by Gasteiger charge is -2.24. The Morgan fingerprint density at radius 2 is 2.00 bits per heavy atom. The van der Waals surface area contributed by atoms with Gasteiger partial charge in [-0.2, -0.15) is 4.98 Å². The minimum absolute atomic E-state index is 0.0470. The summed E-state index contributed by atoms with van der Waals surface area (Å²) in [6, 6.07) is 3.41. The molecule has 1 saturated heterocycles. The van der Waals surface area contributed by atoms with E-state index in [4.69, 9.17) is 9.26 Å². The number of phenols is 1. The van der Waals surface area contributed by atoms with Crippen LogP contribution < -0.4 is 0 Å². The molecule has 28 heavy (non-hydrogen) atoms. The molecule has 1 aromatic carbocycles. The van der Waals surface area contributed by atoms with Crippen LogP contribution in [0.15, 0.2) is 16.7 Å². The zero-order chi connectivity index (χ0) is 20.6. The van der Waals surface area contributed by atoms with E-state index in [1.54, 1.807) is 25.0 Å². The summed E-state index contributed by atoms with van der Waals surface area (Å²) in [5, 5.41) is 14.7. The lowest BCUT2D eigenvalue weighted by molar-refractivity contribution is 0.0667. The second-order valence-electron chi connectivity index (χ2n) is 8.06. The number of ether oxygens (including phenoxy) is 1. The number of aromatic hydroxyl groups is 1. The highest BCUT2D eigenvalue weighted by molar-refractivity contribution is 5.98. The number of hydrogen-bond donors (Lipinski definition) is 1. The van der Waals surface area contributed by atoms with E-state index in [2.05, 4.69) is 24.0 Å². The summed E-state index contributed by atoms with van der Waals surface area (Å²) in [7, 11) is 1.63. The van der Waals surface area contributed by atoms with Gasteiger partial charge in [0.1, 0.15) is 11.8 Å². The van der Waals surface area contributed by atoms with Crippen LogP contribution in [0.1, 0.15) is 85.2 Å². The summed E-state index contributed by atoms with van der Waals surface area (Å²) >= 11 is 0. The number of carbonyl (C=O) groups excluding carboxylic acids is 1. The number of aromatic nitrogens is 2. The third-order valence-corrected chi connectivity index (χ3v) is 5.37. The van der Waals surface area contributed by atoms with E-state index in [1.807, 2.05) is 19.9 Å². The molecule has 2 aromatic rings. The number of carbonyl (C=O) groups is 1. The predicted molar refractivity (Wildman–Crippen MR) is 105 cm³/mol. The molecule has 1 aromatic heterocycles. The molecule has 0 saturated carbocycles. The number of rotatable bonds is 5. The molecule has 2 atom stereocenters. The molecule has 1 aliphatic rings. The monoisotopic (exact) mass is 387 g/mol.